The van der Waals surface area contributed by atoms with Gasteiger partial charge in [0.05, 0.1) is 35.4 Å². The van der Waals surface area contributed by atoms with Crippen LogP contribution in [0, 0.1) is 5.82 Å². The van der Waals surface area contributed by atoms with Crippen molar-refractivity contribution in [3.63, 3.8) is 0 Å². The molecule has 1 aliphatic heterocycles. The van der Waals surface area contributed by atoms with Crippen molar-refractivity contribution >= 4 is 43.2 Å². The number of fused-ring (bicyclic) bond motifs is 1. The first kappa shape index (κ1) is 24.1. The lowest BCUT2D eigenvalue weighted by Crippen LogP contribution is -2.40. The first-order valence-corrected chi connectivity index (χ1v) is 13.5. The molecule has 0 aliphatic carbocycles. The molecular formula is C18H17ClFN5O7S2. The van der Waals surface area contributed by atoms with Crippen molar-refractivity contribution in [1.29, 1.82) is 0 Å². The topological polar surface area (TPSA) is 154 Å². The maximum atomic E-state index is 13.6. The SMILES string of the molecule is CS(=O)(=O)OCCC1Nc2nccc(-c3noc(=O)n3-c3ccc(F)c(Cl)c3)c2N1S(C)(=O)=O. The Balaban J connectivity index is 1.83. The number of nitrogens with zero attached hydrogens (tertiary/aromatic N) is 4. The van der Waals surface area contributed by atoms with Gasteiger partial charge in [0, 0.05) is 12.6 Å². The zero-order valence-electron chi connectivity index (χ0n) is 17.6. The van der Waals surface area contributed by atoms with E-state index in [4.69, 9.17) is 20.3 Å². The van der Waals surface area contributed by atoms with Crippen LogP contribution in [0.2, 0.25) is 5.02 Å². The Labute approximate surface area is 198 Å². The molecule has 1 aromatic carbocycles. The Bertz CT molecular complexity index is 1540. The molecule has 2 aromatic heterocycles. The number of benzene rings is 1. The number of pyridine rings is 1. The van der Waals surface area contributed by atoms with Gasteiger partial charge in [-0.3, -0.25) is 8.71 Å². The van der Waals surface area contributed by atoms with Gasteiger partial charge in [0.2, 0.25) is 10.0 Å². The molecule has 1 unspecified atom stereocenters. The Morgan fingerprint density at radius 1 is 1.24 bits per heavy atom. The monoisotopic (exact) mass is 533 g/mol. The summed E-state index contributed by atoms with van der Waals surface area (Å²) in [4.78, 5) is 16.6. The zero-order chi connectivity index (χ0) is 24.8. The highest BCUT2D eigenvalue weighted by Gasteiger charge is 2.39. The van der Waals surface area contributed by atoms with E-state index in [0.717, 1.165) is 27.5 Å². The van der Waals surface area contributed by atoms with Crippen LogP contribution in [0.5, 0.6) is 0 Å². The normalized spacial score (nSPS) is 15.9. The van der Waals surface area contributed by atoms with E-state index in [1.165, 1.54) is 24.4 Å². The number of aromatic nitrogens is 3. The molecule has 0 fully saturated rings. The molecule has 4 rings (SSSR count). The summed E-state index contributed by atoms with van der Waals surface area (Å²) in [5.74, 6) is -1.56. The van der Waals surface area contributed by atoms with Gasteiger partial charge in [-0.25, -0.2) is 31.5 Å². The molecule has 0 saturated heterocycles. The fraction of sp³-hybridized carbons (Fsp3) is 0.278. The maximum absolute atomic E-state index is 13.6. The van der Waals surface area contributed by atoms with Gasteiger partial charge < -0.3 is 5.32 Å². The van der Waals surface area contributed by atoms with Gasteiger partial charge in [0.25, 0.3) is 10.1 Å². The van der Waals surface area contributed by atoms with Gasteiger partial charge in [-0.05, 0) is 24.3 Å². The van der Waals surface area contributed by atoms with Crippen LogP contribution in [0.25, 0.3) is 17.1 Å². The lowest BCUT2D eigenvalue weighted by Gasteiger charge is -2.25. The lowest BCUT2D eigenvalue weighted by atomic mass is 10.2. The van der Waals surface area contributed by atoms with E-state index in [1.807, 2.05) is 0 Å². The van der Waals surface area contributed by atoms with E-state index in [9.17, 15) is 26.0 Å². The molecule has 3 aromatic rings. The molecule has 0 bridgehead atoms. The molecule has 3 heterocycles. The Morgan fingerprint density at radius 2 is 1.97 bits per heavy atom. The standard InChI is InChI=1S/C18H17ClFN5O7S2/c1-33(27,28)25-14(6-8-31-34(2,29)30)22-16-15(25)11(5-7-21-16)17-23-32-18(26)24(17)10-3-4-13(20)12(19)9-10/h3-5,7,9,14H,6,8H2,1-2H3,(H,21,22). The molecule has 12 nitrogen and oxygen atoms in total. The average molecular weight is 534 g/mol. The number of hydrogen-bond acceptors (Lipinski definition) is 10. The van der Waals surface area contributed by atoms with Crippen molar-refractivity contribution in [2.45, 2.75) is 12.6 Å². The number of halogens is 2. The fourth-order valence-electron chi connectivity index (χ4n) is 3.50. The van der Waals surface area contributed by atoms with E-state index >= 15 is 0 Å². The average Bonchev–Trinajstić information content (AvgIpc) is 3.29. The van der Waals surface area contributed by atoms with Gasteiger partial charge in [-0.15, -0.1) is 0 Å². The van der Waals surface area contributed by atoms with Gasteiger partial charge in [-0.2, -0.15) is 8.42 Å². The second kappa shape index (κ2) is 8.65. The highest BCUT2D eigenvalue weighted by atomic mass is 35.5. The maximum Gasteiger partial charge on any atom is 0.446 e. The summed E-state index contributed by atoms with van der Waals surface area (Å²) >= 11 is 5.85. The van der Waals surface area contributed by atoms with E-state index in [2.05, 4.69) is 15.5 Å². The molecule has 1 N–H and O–H groups in total. The van der Waals surface area contributed by atoms with Crippen molar-refractivity contribution in [2.75, 3.05) is 28.7 Å². The minimum atomic E-state index is -3.94. The first-order valence-electron chi connectivity index (χ1n) is 9.50. The van der Waals surface area contributed by atoms with Crippen LogP contribution in [0.3, 0.4) is 0 Å². The minimum Gasteiger partial charge on any atom is -0.347 e. The predicted molar refractivity (Wildman–Crippen MR) is 120 cm³/mol. The Hall–Kier alpha value is -3.01. The molecule has 16 heteroatoms. The van der Waals surface area contributed by atoms with E-state index in [-0.39, 0.29) is 46.6 Å². The highest BCUT2D eigenvalue weighted by molar-refractivity contribution is 7.92. The number of hydrogen-bond donors (Lipinski definition) is 1. The molecule has 0 saturated carbocycles. The van der Waals surface area contributed by atoms with Crippen molar-refractivity contribution < 1.29 is 29.9 Å². The van der Waals surface area contributed by atoms with Crippen molar-refractivity contribution in [2.24, 2.45) is 0 Å². The third kappa shape index (κ3) is 4.64. The summed E-state index contributed by atoms with van der Waals surface area (Å²) in [5.41, 5.74) is 0.346. The second-order valence-corrected chi connectivity index (χ2v) is 11.2. The molecule has 34 heavy (non-hydrogen) atoms. The first-order chi connectivity index (χ1) is 15.9. The molecule has 0 amide bonds. The summed E-state index contributed by atoms with van der Waals surface area (Å²) in [5, 5.41) is 6.45. The summed E-state index contributed by atoms with van der Waals surface area (Å²) in [7, 11) is -7.67. The Morgan fingerprint density at radius 3 is 2.62 bits per heavy atom. The van der Waals surface area contributed by atoms with Crippen molar-refractivity contribution in [1.82, 2.24) is 14.7 Å². The predicted octanol–water partition coefficient (Wildman–Crippen LogP) is 1.56. The molecule has 0 spiro atoms. The van der Waals surface area contributed by atoms with E-state index in [0.29, 0.717) is 0 Å². The number of sulfonamides is 1. The fourth-order valence-corrected chi connectivity index (χ4v) is 5.22. The minimum absolute atomic E-state index is 0.0465. The number of nitrogens with one attached hydrogen (secondary N) is 1. The second-order valence-electron chi connectivity index (χ2n) is 7.30. The largest absolute Gasteiger partial charge is 0.446 e. The van der Waals surface area contributed by atoms with Gasteiger partial charge in [-0.1, -0.05) is 16.8 Å². The summed E-state index contributed by atoms with van der Waals surface area (Å²) in [6.07, 6.45) is 2.21. The summed E-state index contributed by atoms with van der Waals surface area (Å²) < 4.78 is 73.2. The molecule has 1 aliphatic rings. The number of rotatable bonds is 7. The molecule has 0 radical (unpaired) electrons. The van der Waals surface area contributed by atoms with Crippen LogP contribution >= 0.6 is 11.6 Å². The quantitative estimate of drug-likeness (QED) is 0.442. The van der Waals surface area contributed by atoms with Crippen LogP contribution in [0.4, 0.5) is 15.9 Å². The van der Waals surface area contributed by atoms with Crippen LogP contribution in [0.15, 0.2) is 39.8 Å². The van der Waals surface area contributed by atoms with Crippen molar-refractivity contribution in [3.8, 4) is 17.1 Å². The third-order valence-electron chi connectivity index (χ3n) is 4.78. The van der Waals surface area contributed by atoms with Crippen LogP contribution < -0.4 is 15.4 Å². The van der Waals surface area contributed by atoms with Crippen molar-refractivity contribution in [3.05, 3.63) is 51.9 Å². The smallest absolute Gasteiger partial charge is 0.347 e. The Kier molecular flexibility index (Phi) is 6.14. The number of anilines is 2. The van der Waals surface area contributed by atoms with Gasteiger partial charge in [0.1, 0.15) is 17.7 Å². The van der Waals surface area contributed by atoms with Crippen LogP contribution in [-0.2, 0) is 24.3 Å². The summed E-state index contributed by atoms with van der Waals surface area (Å²) in [6.45, 7) is -0.297. The van der Waals surface area contributed by atoms with Crippen LogP contribution in [0.1, 0.15) is 6.42 Å². The van der Waals surface area contributed by atoms with Gasteiger partial charge >= 0.3 is 5.76 Å². The molecule has 1 atom stereocenters. The van der Waals surface area contributed by atoms with E-state index in [1.54, 1.807) is 0 Å². The zero-order valence-corrected chi connectivity index (χ0v) is 20.0. The highest BCUT2D eigenvalue weighted by Crippen LogP contribution is 2.43. The summed E-state index contributed by atoms with van der Waals surface area (Å²) in [6, 6.07) is 4.95. The lowest BCUT2D eigenvalue weighted by molar-refractivity contribution is 0.309. The van der Waals surface area contributed by atoms with Crippen LogP contribution in [-0.4, -0.2) is 56.8 Å². The van der Waals surface area contributed by atoms with E-state index < -0.39 is 37.9 Å². The van der Waals surface area contributed by atoms with Gasteiger partial charge in [0.15, 0.2) is 11.6 Å². The molecular weight excluding hydrogens is 517 g/mol. The molecule has 182 valence electrons. The third-order valence-corrected chi connectivity index (χ3v) is 6.82.